The van der Waals surface area contributed by atoms with Crippen molar-refractivity contribution in [2.24, 2.45) is 5.34 Å². The second-order valence-electron chi connectivity index (χ2n) is 0.0745. The van der Waals surface area contributed by atoms with E-state index < -0.39 is 0 Å². The largest absolute Gasteiger partial charge is 3.00 e. The van der Waals surface area contributed by atoms with Crippen molar-refractivity contribution in [2.45, 2.75) is 0 Å². The minimum atomic E-state index is 0. The van der Waals surface area contributed by atoms with Crippen molar-refractivity contribution in [3.8, 4) is 0 Å². The van der Waals surface area contributed by atoms with E-state index in [1.807, 2.05) is 0 Å². The zero-order valence-electron chi connectivity index (χ0n) is 10.6. The molecule has 0 aliphatic rings. The van der Waals surface area contributed by atoms with Crippen molar-refractivity contribution >= 4 is 0 Å². The predicted molar refractivity (Wildman–Crippen MR) is 71.2 cm³/mol. The first-order valence-corrected chi connectivity index (χ1v) is 0.365. The van der Waals surface area contributed by atoms with Crippen LogP contribution in [0.1, 0.15) is 0 Å². The van der Waals surface area contributed by atoms with Crippen molar-refractivity contribution in [3.05, 3.63) is 65.5 Å². The van der Waals surface area contributed by atoms with Crippen LogP contribution in [0.2, 0.25) is 0 Å². The molecule has 22 heteroatoms. The maximum Gasteiger partial charge on any atom is 3.00 e. The van der Waals surface area contributed by atoms with Gasteiger partial charge in [0.25, 0.3) is 0 Å². The van der Waals surface area contributed by atoms with E-state index in [9.17, 15) is 0 Å². The van der Waals surface area contributed by atoms with Gasteiger partial charge in [-0.2, -0.15) is 0 Å². The summed E-state index contributed by atoms with van der Waals surface area (Å²) in [5.74, 6) is 0. The summed E-state index contributed by atoms with van der Waals surface area (Å²) >= 11 is 0. The van der Waals surface area contributed by atoms with Crippen LogP contribution >= 0.6 is 0 Å². The van der Waals surface area contributed by atoms with Gasteiger partial charge in [-0.25, -0.2) is 0 Å². The molecule has 26 N–H and O–H groups in total. The molecule has 0 aromatic heterocycles. The fraction of sp³-hybridized carbons (Fsp3) is 0. The van der Waals surface area contributed by atoms with Gasteiger partial charge < -0.3 is 137 Å². The smallest absolute Gasteiger partial charge is 1.00 e. The standard InChI is InChI=1S/4ClH.2Co.HNO2.9H2N.4H2O/c;;;;;;2-1-3;;;;;;;;;;;;;/h4*1H;;;(H,2,3);13*1H2/q;;;;2*+3;;9*-1;;;;/p-5. The summed E-state index contributed by atoms with van der Waals surface area (Å²) in [6.45, 7) is 0. The molecule has 0 heterocycles. The summed E-state index contributed by atoms with van der Waals surface area (Å²) in [5, 5.41) is 9.00. The zero-order chi connectivity index (χ0) is 2.71. The van der Waals surface area contributed by atoms with E-state index in [2.05, 4.69) is 0 Å². The topological polar surface area (TPSA) is 480 Å². The third kappa shape index (κ3) is 7640. The van der Waals surface area contributed by atoms with E-state index in [4.69, 9.17) is 10.1 Å². The summed E-state index contributed by atoms with van der Waals surface area (Å²) in [5.41, 5.74) is 0. The quantitative estimate of drug-likeness (QED) is 0.221. The third-order valence-corrected chi connectivity index (χ3v) is 0. The van der Waals surface area contributed by atoms with E-state index in [0.717, 1.165) is 5.34 Å². The molecule has 0 unspecified atom stereocenters. The summed E-state index contributed by atoms with van der Waals surface area (Å²) < 4.78 is 0. The number of nitrogens with two attached hydrogens (primary N) is 9. The summed E-state index contributed by atoms with van der Waals surface area (Å²) in [6.07, 6.45) is 0. The molecular weight excluding hydrogens is 496 g/mol. The Hall–Kier alpha value is 1.05. The SMILES string of the molecule is O.O.O.O.O=N[O-].[Cl-].[Cl-].[Cl-].[Cl-].[Co+3].[Co+3].[NH2-].[NH2-].[NH2-].[NH2-].[NH2-].[NH2-].[NH2-].[NH2-].[NH2-]. The van der Waals surface area contributed by atoms with Gasteiger partial charge in [-0.1, -0.05) is 0 Å². The van der Waals surface area contributed by atoms with E-state index in [1.165, 1.54) is 0 Å². The van der Waals surface area contributed by atoms with Gasteiger partial charge >= 0.3 is 33.6 Å². The van der Waals surface area contributed by atoms with Crippen LogP contribution in [0.15, 0.2) is 5.34 Å². The van der Waals surface area contributed by atoms with Gasteiger partial charge in [0.2, 0.25) is 0 Å². The molecule has 22 heavy (non-hydrogen) atoms. The maximum atomic E-state index is 8.00. The Kier molecular flexibility index (Phi) is 127000. The minimum absolute atomic E-state index is 0. The molecule has 0 radical (unpaired) electrons. The van der Waals surface area contributed by atoms with Crippen LogP contribution in [0.3, 0.4) is 0 Å². The van der Waals surface area contributed by atoms with Crippen LogP contribution in [0.5, 0.6) is 0 Å². The Labute approximate surface area is 175 Å². The molecule has 0 aromatic rings. The van der Waals surface area contributed by atoms with E-state index in [1.54, 1.807) is 0 Å². The fourth-order valence-corrected chi connectivity index (χ4v) is 0. The van der Waals surface area contributed by atoms with Crippen molar-refractivity contribution in [3.63, 3.8) is 0 Å². The first kappa shape index (κ1) is 1200. The van der Waals surface area contributed by atoms with Crippen LogP contribution < -0.4 is 49.6 Å². The van der Waals surface area contributed by atoms with Crippen LogP contribution in [-0.2, 0) is 33.6 Å². The van der Waals surface area contributed by atoms with Crippen molar-refractivity contribution in [2.75, 3.05) is 0 Å². The third-order valence-electron chi connectivity index (χ3n) is 0. The van der Waals surface area contributed by atoms with Crippen LogP contribution in [0.25, 0.3) is 55.4 Å². The predicted octanol–water partition coefficient (Wildman–Crippen LogP) is -8.58. The molecule has 0 aromatic carbocycles. The Morgan fingerprint density at radius 3 is 0.455 bits per heavy atom. The number of nitrogens with zero attached hydrogens (tertiary/aromatic N) is 1. The van der Waals surface area contributed by atoms with Gasteiger partial charge in [0.05, 0.1) is 0 Å². The molecule has 0 atom stereocenters. The Balaban J connectivity index is -0.000000000117. The first-order valence-electron chi connectivity index (χ1n) is 0.365. The van der Waals surface area contributed by atoms with Gasteiger partial charge in [-0.3, -0.25) is 0 Å². The second-order valence-corrected chi connectivity index (χ2v) is 0.0745. The van der Waals surface area contributed by atoms with E-state index in [-0.39, 0.29) is 160 Å². The maximum absolute atomic E-state index is 8.00. The van der Waals surface area contributed by atoms with Crippen LogP contribution in [-0.4, -0.2) is 21.9 Å². The average Bonchev–Trinajstić information content (AvgIpc) is 0.918. The number of hydrogen-bond acceptors (Lipinski definition) is 3. The van der Waals surface area contributed by atoms with Gasteiger partial charge in [-0.05, 0) is 0 Å². The molecule has 0 bridgehead atoms. The molecule has 0 rings (SSSR count). The molecule has 0 aliphatic carbocycles. The fourth-order valence-electron chi connectivity index (χ4n) is 0. The molecule has 0 saturated heterocycles. The molecule has 166 valence electrons. The Morgan fingerprint density at radius 2 is 0.455 bits per heavy atom. The summed E-state index contributed by atoms with van der Waals surface area (Å²) in [7, 11) is 0. The van der Waals surface area contributed by atoms with Gasteiger partial charge in [-0.15, -0.1) is 5.34 Å². The Morgan fingerprint density at radius 1 is 0.455 bits per heavy atom. The molecular formula is H26Cl4Co2N10O6-8. The minimum Gasteiger partial charge on any atom is -1.00 e. The van der Waals surface area contributed by atoms with Crippen molar-refractivity contribution < 1.29 is 105 Å². The monoisotopic (exact) mass is 520 g/mol. The second kappa shape index (κ2) is 2320. The van der Waals surface area contributed by atoms with Gasteiger partial charge in [0.15, 0.2) is 0 Å². The summed E-state index contributed by atoms with van der Waals surface area (Å²) in [6, 6.07) is 0. The molecule has 0 saturated carbocycles. The molecule has 16 nitrogen and oxygen atoms in total. The van der Waals surface area contributed by atoms with Crippen LogP contribution in [0.4, 0.5) is 0 Å². The molecule has 0 amide bonds. The van der Waals surface area contributed by atoms with Crippen molar-refractivity contribution in [1.82, 2.24) is 0 Å². The molecule has 0 spiro atoms. The molecule has 0 aliphatic heterocycles. The number of hydrogen-bond donors (Lipinski definition) is 0. The van der Waals surface area contributed by atoms with E-state index in [0.29, 0.717) is 0 Å². The van der Waals surface area contributed by atoms with Crippen molar-refractivity contribution in [1.29, 1.82) is 0 Å². The summed E-state index contributed by atoms with van der Waals surface area (Å²) in [4.78, 5) is 8.00. The van der Waals surface area contributed by atoms with Gasteiger partial charge in [0.1, 0.15) is 0 Å². The normalized spacial score (nSPS) is 0.545. The van der Waals surface area contributed by atoms with Crippen LogP contribution in [0, 0.1) is 10.1 Å². The molecule has 0 fully saturated rings. The average molecular weight is 522 g/mol. The zero-order valence-corrected chi connectivity index (χ0v) is 15.7. The van der Waals surface area contributed by atoms with E-state index >= 15 is 0 Å². The van der Waals surface area contributed by atoms with Gasteiger partial charge in [0, 0.05) is 0 Å². The first-order chi connectivity index (χ1) is 1.41. The number of halogens is 4. The number of rotatable bonds is 0. The Bertz CT molecular complexity index is 46.9.